The van der Waals surface area contributed by atoms with E-state index in [-0.39, 0.29) is 12.5 Å². The fraction of sp³-hybridized carbons (Fsp3) is 0.292. The zero-order valence-corrected chi connectivity index (χ0v) is 19.3. The van der Waals surface area contributed by atoms with Crippen molar-refractivity contribution in [3.63, 3.8) is 0 Å². The normalized spacial score (nSPS) is 15.7. The van der Waals surface area contributed by atoms with Crippen LogP contribution in [0.15, 0.2) is 66.9 Å². The molecule has 2 aromatic carbocycles. The number of rotatable bonds is 9. The standard InChI is InChI=1S/C24H26NO4PS/c1-3-14-27-18-12-13-25-24(15-18)17(2)29-30(26,31)28-16-23-21-10-6-4-8-19(21)20-9-5-7-11-22(20)23/h4-13,15,17,23H,3,14,16H2,1-2H3,(H,26,31)/t17-,30?/m1/s1. The molecule has 5 nitrogen and oxygen atoms in total. The Morgan fingerprint density at radius 1 is 1.06 bits per heavy atom. The Balaban J connectivity index is 1.45. The number of H-pyrrole nitrogens is 1. The second kappa shape index (κ2) is 9.60. The lowest BCUT2D eigenvalue weighted by atomic mass is 9.98. The van der Waals surface area contributed by atoms with Crippen molar-refractivity contribution in [2.45, 2.75) is 32.3 Å². The summed E-state index contributed by atoms with van der Waals surface area (Å²) in [6.45, 7) is 0.965. The van der Waals surface area contributed by atoms with E-state index < -0.39 is 12.8 Å². The van der Waals surface area contributed by atoms with Crippen LogP contribution in [-0.4, -0.2) is 13.2 Å². The number of hydrogen-bond donors (Lipinski definition) is 0. The number of ether oxygens (including phenoxy) is 1. The molecule has 0 fully saturated rings. The Hall–Kier alpha value is -2.08. The summed E-state index contributed by atoms with van der Waals surface area (Å²) in [5.41, 5.74) is 5.39. The number of fused-ring (bicyclic) bond motifs is 3. The van der Waals surface area contributed by atoms with Crippen LogP contribution >= 0.6 is 6.72 Å². The van der Waals surface area contributed by atoms with Crippen molar-refractivity contribution in [2.75, 3.05) is 13.2 Å². The molecule has 0 aliphatic heterocycles. The molecule has 7 heteroatoms. The molecule has 1 aromatic heterocycles. The van der Waals surface area contributed by atoms with E-state index in [1.165, 1.54) is 11.1 Å². The lowest BCUT2D eigenvalue weighted by Crippen LogP contribution is -2.19. The average Bonchev–Trinajstić information content (AvgIpc) is 3.10. The van der Waals surface area contributed by atoms with Gasteiger partial charge in [-0.1, -0.05) is 67.3 Å². The van der Waals surface area contributed by atoms with Gasteiger partial charge < -0.3 is 18.7 Å². The van der Waals surface area contributed by atoms with Crippen molar-refractivity contribution in [3.8, 4) is 16.9 Å². The molecule has 31 heavy (non-hydrogen) atoms. The minimum atomic E-state index is -3.70. The second-order valence-electron chi connectivity index (χ2n) is 7.55. The van der Waals surface area contributed by atoms with Gasteiger partial charge in [-0.15, -0.1) is 0 Å². The van der Waals surface area contributed by atoms with Gasteiger partial charge in [0, 0.05) is 12.0 Å². The third-order valence-electron chi connectivity index (χ3n) is 5.36. The predicted octanol–water partition coefficient (Wildman–Crippen LogP) is 4.78. The Morgan fingerprint density at radius 2 is 1.71 bits per heavy atom. The Morgan fingerprint density at radius 3 is 2.35 bits per heavy atom. The van der Waals surface area contributed by atoms with E-state index in [0.29, 0.717) is 6.61 Å². The molecular weight excluding hydrogens is 429 g/mol. The highest BCUT2D eigenvalue weighted by atomic mass is 32.5. The van der Waals surface area contributed by atoms with Crippen molar-refractivity contribution in [1.29, 1.82) is 0 Å². The molecule has 1 aliphatic rings. The van der Waals surface area contributed by atoms with Gasteiger partial charge in [0.05, 0.1) is 19.3 Å². The Kier molecular flexibility index (Phi) is 6.85. The van der Waals surface area contributed by atoms with Gasteiger partial charge in [-0.25, -0.2) is 4.98 Å². The van der Waals surface area contributed by atoms with Crippen LogP contribution in [0, 0.1) is 0 Å². The molecule has 1 unspecified atom stereocenters. The van der Waals surface area contributed by atoms with E-state index >= 15 is 0 Å². The maximum absolute atomic E-state index is 13.0. The van der Waals surface area contributed by atoms with Gasteiger partial charge in [0.1, 0.15) is 18.6 Å². The summed E-state index contributed by atoms with van der Waals surface area (Å²) in [5, 5.41) is 0. The molecule has 0 bridgehead atoms. The number of hydrogen-bond acceptors (Lipinski definition) is 5. The topological polar surface area (TPSA) is 64.9 Å². The summed E-state index contributed by atoms with van der Waals surface area (Å²) in [5.74, 6) is 0.699. The molecule has 4 rings (SSSR count). The van der Waals surface area contributed by atoms with Gasteiger partial charge in [0.2, 0.25) is 5.69 Å². The van der Waals surface area contributed by atoms with Crippen molar-refractivity contribution >= 4 is 18.5 Å². The quantitative estimate of drug-likeness (QED) is 0.435. The van der Waals surface area contributed by atoms with E-state index in [2.05, 4.69) is 29.2 Å². The third-order valence-corrected chi connectivity index (χ3v) is 6.97. The minimum absolute atomic E-state index is 0.0279. The number of benzene rings is 2. The van der Waals surface area contributed by atoms with Crippen LogP contribution in [0.5, 0.6) is 5.75 Å². The molecular formula is C24H26NO4PS. The van der Waals surface area contributed by atoms with Crippen LogP contribution in [-0.2, 0) is 20.9 Å². The average molecular weight is 456 g/mol. The van der Waals surface area contributed by atoms with E-state index in [4.69, 9.17) is 25.6 Å². The van der Waals surface area contributed by atoms with E-state index in [1.807, 2.05) is 43.3 Å². The maximum Gasteiger partial charge on any atom is 0.212 e. The first kappa shape index (κ1) is 22.1. The zero-order valence-electron chi connectivity index (χ0n) is 17.6. The van der Waals surface area contributed by atoms with Crippen molar-refractivity contribution in [1.82, 2.24) is 0 Å². The van der Waals surface area contributed by atoms with Crippen LogP contribution in [0.3, 0.4) is 0 Å². The highest BCUT2D eigenvalue weighted by Crippen LogP contribution is 2.49. The Labute approximate surface area is 188 Å². The molecule has 0 radical (unpaired) electrons. The van der Waals surface area contributed by atoms with Gasteiger partial charge in [0.15, 0.2) is 6.20 Å². The van der Waals surface area contributed by atoms with Gasteiger partial charge in [-0.05, 0) is 35.6 Å². The predicted molar refractivity (Wildman–Crippen MR) is 122 cm³/mol. The lowest BCUT2D eigenvalue weighted by molar-refractivity contribution is -0.399. The van der Waals surface area contributed by atoms with Crippen LogP contribution < -0.4 is 14.6 Å². The first-order valence-electron chi connectivity index (χ1n) is 10.4. The third kappa shape index (κ3) is 5.05. The molecule has 0 amide bonds. The summed E-state index contributed by atoms with van der Waals surface area (Å²) in [7, 11) is 0. The first-order chi connectivity index (χ1) is 15.0. The van der Waals surface area contributed by atoms with Crippen molar-refractivity contribution in [2.24, 2.45) is 0 Å². The maximum atomic E-state index is 13.0. The summed E-state index contributed by atoms with van der Waals surface area (Å²) >= 11 is 5.22. The highest BCUT2D eigenvalue weighted by molar-refractivity contribution is 8.06. The highest BCUT2D eigenvalue weighted by Gasteiger charge is 2.29. The first-order valence-corrected chi connectivity index (χ1v) is 13.0. The fourth-order valence-electron chi connectivity index (χ4n) is 3.89. The van der Waals surface area contributed by atoms with Crippen LogP contribution in [0.1, 0.15) is 49.1 Å². The van der Waals surface area contributed by atoms with Gasteiger partial charge in [-0.3, -0.25) is 0 Å². The Bertz CT molecular complexity index is 1060. The number of pyridine rings is 1. The van der Waals surface area contributed by atoms with Gasteiger partial charge in [-0.2, -0.15) is 0 Å². The summed E-state index contributed by atoms with van der Waals surface area (Å²) in [4.78, 5) is 16.1. The van der Waals surface area contributed by atoms with E-state index in [1.54, 1.807) is 13.1 Å². The molecule has 1 heterocycles. The number of nitrogens with one attached hydrogen (secondary N) is 1. The SMILES string of the molecule is CCCOc1cc[nH+]c([C@@H](C)OP([O-])(=S)OCC2c3ccccc3-c3ccccc32)c1. The van der Waals surface area contributed by atoms with Crippen LogP contribution in [0.2, 0.25) is 0 Å². The number of aromatic amines is 1. The van der Waals surface area contributed by atoms with Crippen LogP contribution in [0.25, 0.3) is 11.1 Å². The van der Waals surface area contributed by atoms with E-state index in [9.17, 15) is 4.89 Å². The lowest BCUT2D eigenvalue weighted by Gasteiger charge is -2.30. The molecule has 1 aliphatic carbocycles. The number of aromatic nitrogens is 1. The summed E-state index contributed by atoms with van der Waals surface area (Å²) in [6.07, 6.45) is 2.15. The van der Waals surface area contributed by atoms with Crippen molar-refractivity contribution < 1.29 is 23.7 Å². The summed E-state index contributed by atoms with van der Waals surface area (Å²) in [6, 6.07) is 20.1. The van der Waals surface area contributed by atoms with Crippen molar-refractivity contribution in [3.05, 3.63) is 83.7 Å². The van der Waals surface area contributed by atoms with Gasteiger partial charge in [0.25, 0.3) is 0 Å². The molecule has 0 spiro atoms. The van der Waals surface area contributed by atoms with Crippen LogP contribution in [0.4, 0.5) is 0 Å². The van der Waals surface area contributed by atoms with Gasteiger partial charge >= 0.3 is 0 Å². The zero-order chi connectivity index (χ0) is 21.8. The monoisotopic (exact) mass is 455 g/mol. The molecule has 1 N–H and O–H groups in total. The van der Waals surface area contributed by atoms with E-state index in [0.717, 1.165) is 29.0 Å². The summed E-state index contributed by atoms with van der Waals surface area (Å²) < 4.78 is 17.1. The molecule has 0 saturated carbocycles. The fourth-order valence-corrected chi connectivity index (χ4v) is 5.36. The molecule has 0 saturated heterocycles. The second-order valence-corrected chi connectivity index (χ2v) is 10.3. The molecule has 162 valence electrons. The molecule has 2 atom stereocenters. The molecule has 3 aromatic rings. The largest absolute Gasteiger partial charge is 0.780 e. The minimum Gasteiger partial charge on any atom is -0.780 e. The smallest absolute Gasteiger partial charge is 0.212 e.